The molecule has 5 rings (SSSR count). The van der Waals surface area contributed by atoms with Gasteiger partial charge in [0.2, 0.25) is 0 Å². The first-order chi connectivity index (χ1) is 12.4. The van der Waals surface area contributed by atoms with Crippen molar-refractivity contribution in [1.29, 1.82) is 0 Å². The smallest absolute Gasteiger partial charge is 0.0169 e. The van der Waals surface area contributed by atoms with Crippen LogP contribution in [-0.2, 0) is 6.42 Å². The zero-order valence-corrected chi connectivity index (χ0v) is 14.9. The zero-order valence-electron chi connectivity index (χ0n) is 14.0. The highest BCUT2D eigenvalue weighted by molar-refractivity contribution is 7.73. The van der Waals surface area contributed by atoms with Gasteiger partial charge in [-0.2, -0.15) is 0 Å². The Morgan fingerprint density at radius 3 is 1.84 bits per heavy atom. The summed E-state index contributed by atoms with van der Waals surface area (Å²) in [5.74, 6) is 0. The summed E-state index contributed by atoms with van der Waals surface area (Å²) in [6, 6.07) is 35.8. The standard InChI is InChI=1S/C24H19P/c1-3-12-20(13-4-1)25(21-14-5-2-6-15-21)23-17-19-11-7-9-18-10-8-16-22(23)24(18)19/h1-16,23H,17H2. The number of hydrogen-bond donors (Lipinski definition) is 0. The maximum Gasteiger partial charge on any atom is 0.0169 e. The minimum Gasteiger partial charge on any atom is -0.0622 e. The number of benzene rings is 4. The van der Waals surface area contributed by atoms with Gasteiger partial charge in [-0.25, -0.2) is 0 Å². The first-order valence-electron chi connectivity index (χ1n) is 8.82. The predicted molar refractivity (Wildman–Crippen MR) is 109 cm³/mol. The Morgan fingerprint density at radius 2 is 1.20 bits per heavy atom. The van der Waals surface area contributed by atoms with Gasteiger partial charge in [-0.15, -0.1) is 0 Å². The van der Waals surface area contributed by atoms with E-state index in [1.165, 1.54) is 32.5 Å². The van der Waals surface area contributed by atoms with Gasteiger partial charge in [0.15, 0.2) is 0 Å². The largest absolute Gasteiger partial charge is 0.0622 e. The SMILES string of the molecule is c1ccc(P(c2ccccc2)C2Cc3cccc4cccc2c34)cc1. The molecule has 0 aliphatic heterocycles. The highest BCUT2D eigenvalue weighted by atomic mass is 31.1. The van der Waals surface area contributed by atoms with Gasteiger partial charge in [-0.3, -0.25) is 0 Å². The Bertz CT molecular complexity index is 977. The summed E-state index contributed by atoms with van der Waals surface area (Å²) < 4.78 is 0. The second-order valence-electron chi connectivity index (χ2n) is 6.62. The Labute approximate surface area is 149 Å². The molecule has 25 heavy (non-hydrogen) atoms. The van der Waals surface area contributed by atoms with Gasteiger partial charge in [0.1, 0.15) is 0 Å². The predicted octanol–water partition coefficient (Wildman–Crippen LogP) is 5.57. The summed E-state index contributed by atoms with van der Waals surface area (Å²) in [7, 11) is -0.424. The summed E-state index contributed by atoms with van der Waals surface area (Å²) in [5.41, 5.74) is 3.60. The maximum absolute atomic E-state index is 2.35. The van der Waals surface area contributed by atoms with Crippen molar-refractivity contribution >= 4 is 29.3 Å². The molecule has 0 aromatic heterocycles. The molecule has 0 radical (unpaired) electrons. The van der Waals surface area contributed by atoms with Crippen LogP contribution in [0, 0.1) is 0 Å². The Kier molecular flexibility index (Phi) is 3.65. The summed E-state index contributed by atoms with van der Waals surface area (Å²) in [4.78, 5) is 0. The van der Waals surface area contributed by atoms with E-state index < -0.39 is 7.92 Å². The lowest BCUT2D eigenvalue weighted by Gasteiger charge is -2.26. The molecular weight excluding hydrogens is 319 g/mol. The number of hydrogen-bond acceptors (Lipinski definition) is 0. The van der Waals surface area contributed by atoms with Crippen molar-refractivity contribution in [1.82, 2.24) is 0 Å². The normalized spacial score (nSPS) is 15.8. The molecule has 120 valence electrons. The van der Waals surface area contributed by atoms with Crippen LogP contribution >= 0.6 is 7.92 Å². The van der Waals surface area contributed by atoms with Crippen LogP contribution in [0.25, 0.3) is 10.8 Å². The van der Waals surface area contributed by atoms with Crippen molar-refractivity contribution in [2.24, 2.45) is 0 Å². The maximum atomic E-state index is 2.35. The van der Waals surface area contributed by atoms with E-state index in [0.29, 0.717) is 5.66 Å². The molecule has 0 fully saturated rings. The average Bonchev–Trinajstić information content (AvgIpc) is 3.05. The lowest BCUT2D eigenvalue weighted by atomic mass is 10.1. The van der Waals surface area contributed by atoms with Crippen molar-refractivity contribution in [3.63, 3.8) is 0 Å². The van der Waals surface area contributed by atoms with E-state index >= 15 is 0 Å². The summed E-state index contributed by atoms with van der Waals surface area (Å²) >= 11 is 0. The Hall–Kier alpha value is -2.43. The molecule has 1 atom stereocenters. The Balaban J connectivity index is 1.71. The van der Waals surface area contributed by atoms with E-state index in [9.17, 15) is 0 Å². The molecule has 4 aromatic carbocycles. The zero-order chi connectivity index (χ0) is 16.6. The van der Waals surface area contributed by atoms with Crippen LogP contribution in [0.2, 0.25) is 0 Å². The van der Waals surface area contributed by atoms with Gasteiger partial charge in [0.05, 0.1) is 0 Å². The molecule has 1 aliphatic rings. The van der Waals surface area contributed by atoms with Crippen LogP contribution in [0.15, 0.2) is 97.1 Å². The molecule has 4 aromatic rings. The van der Waals surface area contributed by atoms with Crippen molar-refractivity contribution in [3.05, 3.63) is 108 Å². The molecular formula is C24H19P. The quantitative estimate of drug-likeness (QED) is 0.428. The molecule has 0 nitrogen and oxygen atoms in total. The van der Waals surface area contributed by atoms with Crippen molar-refractivity contribution in [3.8, 4) is 0 Å². The Morgan fingerprint density at radius 1 is 0.600 bits per heavy atom. The molecule has 1 aliphatic carbocycles. The molecule has 0 saturated carbocycles. The van der Waals surface area contributed by atoms with Gasteiger partial charge in [0.25, 0.3) is 0 Å². The van der Waals surface area contributed by atoms with Gasteiger partial charge in [-0.05, 0) is 46.9 Å². The van der Waals surface area contributed by atoms with Gasteiger partial charge < -0.3 is 0 Å². The van der Waals surface area contributed by atoms with Gasteiger partial charge >= 0.3 is 0 Å². The van der Waals surface area contributed by atoms with Gasteiger partial charge in [0, 0.05) is 5.66 Å². The fraction of sp³-hybridized carbons (Fsp3) is 0.0833. The van der Waals surface area contributed by atoms with E-state index in [1.807, 2.05) is 0 Å². The second kappa shape index (κ2) is 6.14. The van der Waals surface area contributed by atoms with Crippen LogP contribution in [0.5, 0.6) is 0 Å². The van der Waals surface area contributed by atoms with E-state index in [-0.39, 0.29) is 0 Å². The third-order valence-electron chi connectivity index (χ3n) is 5.18. The molecule has 0 spiro atoms. The van der Waals surface area contributed by atoms with Crippen molar-refractivity contribution in [2.75, 3.05) is 0 Å². The topological polar surface area (TPSA) is 0 Å². The van der Waals surface area contributed by atoms with E-state index in [4.69, 9.17) is 0 Å². The van der Waals surface area contributed by atoms with Crippen LogP contribution in [0.1, 0.15) is 16.8 Å². The monoisotopic (exact) mass is 338 g/mol. The molecule has 0 N–H and O–H groups in total. The molecule has 1 unspecified atom stereocenters. The molecule has 0 heterocycles. The van der Waals surface area contributed by atoms with Crippen LogP contribution < -0.4 is 10.6 Å². The third-order valence-corrected chi connectivity index (χ3v) is 7.97. The summed E-state index contributed by atoms with van der Waals surface area (Å²) in [6.07, 6.45) is 1.15. The minimum atomic E-state index is -0.424. The second-order valence-corrected chi connectivity index (χ2v) is 9.02. The van der Waals surface area contributed by atoms with E-state index in [2.05, 4.69) is 97.1 Å². The fourth-order valence-electron chi connectivity index (χ4n) is 4.13. The molecule has 1 heteroatoms. The first-order valence-corrected chi connectivity index (χ1v) is 10.2. The first kappa shape index (κ1) is 14.9. The lowest BCUT2D eigenvalue weighted by Crippen LogP contribution is -2.16. The number of rotatable bonds is 3. The fourth-order valence-corrected chi connectivity index (χ4v) is 7.01. The van der Waals surface area contributed by atoms with Crippen molar-refractivity contribution in [2.45, 2.75) is 12.1 Å². The van der Waals surface area contributed by atoms with Crippen LogP contribution in [0.4, 0.5) is 0 Å². The molecule has 0 bridgehead atoms. The summed E-state index contributed by atoms with van der Waals surface area (Å²) in [5, 5.41) is 5.82. The van der Waals surface area contributed by atoms with Crippen LogP contribution in [-0.4, -0.2) is 0 Å². The molecule has 0 amide bonds. The van der Waals surface area contributed by atoms with Crippen molar-refractivity contribution < 1.29 is 0 Å². The van der Waals surface area contributed by atoms with Gasteiger partial charge in [-0.1, -0.05) is 97.1 Å². The lowest BCUT2D eigenvalue weighted by molar-refractivity contribution is 0.982. The third kappa shape index (κ3) is 2.49. The van der Waals surface area contributed by atoms with E-state index in [0.717, 1.165) is 6.42 Å². The van der Waals surface area contributed by atoms with Crippen LogP contribution in [0.3, 0.4) is 0 Å². The van der Waals surface area contributed by atoms with E-state index in [1.54, 1.807) is 0 Å². The molecule has 0 saturated heterocycles. The average molecular weight is 338 g/mol. The highest BCUT2D eigenvalue weighted by Crippen LogP contribution is 2.56. The highest BCUT2D eigenvalue weighted by Gasteiger charge is 2.32. The minimum absolute atomic E-state index is 0.424. The summed E-state index contributed by atoms with van der Waals surface area (Å²) in [6.45, 7) is 0.